The van der Waals surface area contributed by atoms with Crippen LogP contribution in [0.3, 0.4) is 0 Å². The van der Waals surface area contributed by atoms with E-state index in [2.05, 4.69) is 9.46 Å². The Morgan fingerprint density at radius 1 is 1.00 bits per heavy atom. The smallest absolute Gasteiger partial charge is 0.406 e. The molecule has 144 valence electrons. The lowest BCUT2D eigenvalue weighted by atomic mass is 10.3. The zero-order chi connectivity index (χ0) is 19.7. The molecule has 1 aliphatic heterocycles. The summed E-state index contributed by atoms with van der Waals surface area (Å²) in [6.45, 7) is 0.593. The molecule has 2 aromatic carbocycles. The number of amides is 1. The first kappa shape index (κ1) is 19.0. The summed E-state index contributed by atoms with van der Waals surface area (Å²) in [7, 11) is -3.93. The van der Waals surface area contributed by atoms with Crippen LogP contribution in [0.2, 0.25) is 0 Å². The van der Waals surface area contributed by atoms with E-state index in [0.717, 1.165) is 30.7 Å². The number of carbonyl (C=O) groups is 1. The lowest BCUT2D eigenvalue weighted by Gasteiger charge is -2.16. The second-order valence-electron chi connectivity index (χ2n) is 5.82. The number of nitrogens with one attached hydrogen (secondary N) is 1. The van der Waals surface area contributed by atoms with E-state index in [1.807, 2.05) is 0 Å². The first-order valence-corrected chi connectivity index (χ1v) is 9.41. The zero-order valence-corrected chi connectivity index (χ0v) is 14.7. The molecule has 0 spiro atoms. The highest BCUT2D eigenvalue weighted by Gasteiger charge is 2.31. The Bertz CT molecular complexity index is 926. The SMILES string of the molecule is O=C1CCCN1c1ccc(S(=O)(=O)Nc2ccc(OC(F)(F)F)cc2)cc1. The number of hydrogen-bond acceptors (Lipinski definition) is 4. The van der Waals surface area contributed by atoms with Crippen molar-refractivity contribution in [2.75, 3.05) is 16.2 Å². The normalized spacial score (nSPS) is 15.1. The fourth-order valence-electron chi connectivity index (χ4n) is 2.67. The third kappa shape index (κ3) is 4.70. The Morgan fingerprint density at radius 3 is 2.15 bits per heavy atom. The van der Waals surface area contributed by atoms with Gasteiger partial charge in [-0.25, -0.2) is 8.42 Å². The lowest BCUT2D eigenvalue weighted by Crippen LogP contribution is -2.23. The van der Waals surface area contributed by atoms with Gasteiger partial charge < -0.3 is 9.64 Å². The Balaban J connectivity index is 1.72. The van der Waals surface area contributed by atoms with Crippen LogP contribution in [-0.2, 0) is 14.8 Å². The summed E-state index contributed by atoms with van der Waals surface area (Å²) in [5.74, 6) is -0.463. The van der Waals surface area contributed by atoms with Gasteiger partial charge in [-0.05, 0) is 55.0 Å². The van der Waals surface area contributed by atoms with E-state index in [1.165, 1.54) is 24.3 Å². The van der Waals surface area contributed by atoms with E-state index in [-0.39, 0.29) is 16.5 Å². The number of halogens is 3. The van der Waals surface area contributed by atoms with Crippen molar-refractivity contribution in [3.8, 4) is 5.75 Å². The van der Waals surface area contributed by atoms with Crippen molar-refractivity contribution < 1.29 is 31.1 Å². The number of rotatable bonds is 5. The van der Waals surface area contributed by atoms with Crippen molar-refractivity contribution in [1.29, 1.82) is 0 Å². The Hall–Kier alpha value is -2.75. The Morgan fingerprint density at radius 2 is 1.63 bits per heavy atom. The van der Waals surface area contributed by atoms with Gasteiger partial charge in [0.15, 0.2) is 0 Å². The molecule has 0 saturated carbocycles. The van der Waals surface area contributed by atoms with Crippen LogP contribution < -0.4 is 14.4 Å². The van der Waals surface area contributed by atoms with Crippen LogP contribution in [0, 0.1) is 0 Å². The third-order valence-electron chi connectivity index (χ3n) is 3.87. The molecule has 1 amide bonds. The molecule has 1 heterocycles. The van der Waals surface area contributed by atoms with Gasteiger partial charge in [0.1, 0.15) is 5.75 Å². The number of anilines is 2. The van der Waals surface area contributed by atoms with Crippen molar-refractivity contribution >= 4 is 27.3 Å². The molecule has 2 aromatic rings. The number of hydrogen-bond donors (Lipinski definition) is 1. The van der Waals surface area contributed by atoms with Crippen LogP contribution in [0.25, 0.3) is 0 Å². The molecule has 1 aliphatic rings. The number of ether oxygens (including phenoxy) is 1. The van der Waals surface area contributed by atoms with Crippen LogP contribution in [-0.4, -0.2) is 27.2 Å². The summed E-state index contributed by atoms with van der Waals surface area (Å²) in [6, 6.07) is 10.2. The van der Waals surface area contributed by atoms with E-state index in [0.29, 0.717) is 18.7 Å². The predicted octanol–water partition coefficient (Wildman–Crippen LogP) is 3.51. The standard InChI is InChI=1S/C17H15F3N2O4S/c18-17(19,20)26-14-7-3-12(4-8-14)21-27(24,25)15-9-5-13(6-10-15)22-11-1-2-16(22)23/h3-10,21H,1-2,11H2. The fourth-order valence-corrected chi connectivity index (χ4v) is 3.72. The van der Waals surface area contributed by atoms with Crippen molar-refractivity contribution in [1.82, 2.24) is 0 Å². The van der Waals surface area contributed by atoms with Gasteiger partial charge in [0.25, 0.3) is 10.0 Å². The van der Waals surface area contributed by atoms with Gasteiger partial charge >= 0.3 is 6.36 Å². The maximum absolute atomic E-state index is 12.4. The van der Waals surface area contributed by atoms with Gasteiger partial charge in [0.2, 0.25) is 5.91 Å². The molecule has 0 aromatic heterocycles. The molecule has 27 heavy (non-hydrogen) atoms. The van der Waals surface area contributed by atoms with Gasteiger partial charge in [-0.1, -0.05) is 0 Å². The van der Waals surface area contributed by atoms with Gasteiger partial charge in [-0.15, -0.1) is 13.2 Å². The Kier molecular flexibility index (Phi) is 5.01. The number of nitrogens with zero attached hydrogens (tertiary/aromatic N) is 1. The number of sulfonamides is 1. The number of carbonyl (C=O) groups excluding carboxylic acids is 1. The highest BCUT2D eigenvalue weighted by molar-refractivity contribution is 7.92. The minimum atomic E-state index is -4.82. The number of benzene rings is 2. The van der Waals surface area contributed by atoms with Gasteiger partial charge in [-0.3, -0.25) is 9.52 Å². The van der Waals surface area contributed by atoms with Crippen LogP contribution in [0.4, 0.5) is 24.5 Å². The summed E-state index contributed by atoms with van der Waals surface area (Å²) >= 11 is 0. The molecule has 0 aliphatic carbocycles. The molecule has 0 unspecified atom stereocenters. The molecule has 0 atom stereocenters. The average Bonchev–Trinajstić information content (AvgIpc) is 3.01. The van der Waals surface area contributed by atoms with E-state index in [1.54, 1.807) is 4.90 Å². The second-order valence-corrected chi connectivity index (χ2v) is 7.50. The highest BCUT2D eigenvalue weighted by Crippen LogP contribution is 2.26. The van der Waals surface area contributed by atoms with Crippen molar-refractivity contribution in [3.63, 3.8) is 0 Å². The molecule has 0 bridgehead atoms. The molecule has 6 nitrogen and oxygen atoms in total. The van der Waals surface area contributed by atoms with Crippen LogP contribution in [0.15, 0.2) is 53.4 Å². The van der Waals surface area contributed by atoms with E-state index in [9.17, 15) is 26.4 Å². The Labute approximate surface area is 153 Å². The van der Waals surface area contributed by atoms with Gasteiger partial charge in [-0.2, -0.15) is 0 Å². The third-order valence-corrected chi connectivity index (χ3v) is 5.27. The van der Waals surface area contributed by atoms with Crippen molar-refractivity contribution in [2.45, 2.75) is 24.1 Å². The maximum Gasteiger partial charge on any atom is 0.573 e. The predicted molar refractivity (Wildman–Crippen MR) is 92.0 cm³/mol. The zero-order valence-electron chi connectivity index (χ0n) is 13.9. The van der Waals surface area contributed by atoms with Crippen LogP contribution in [0.5, 0.6) is 5.75 Å². The highest BCUT2D eigenvalue weighted by atomic mass is 32.2. The van der Waals surface area contributed by atoms with Crippen LogP contribution in [0.1, 0.15) is 12.8 Å². The van der Waals surface area contributed by atoms with Crippen molar-refractivity contribution in [2.24, 2.45) is 0 Å². The summed E-state index contributed by atoms with van der Waals surface area (Å²) in [5.41, 5.74) is 0.702. The maximum atomic E-state index is 12.4. The number of alkyl halides is 3. The summed E-state index contributed by atoms with van der Waals surface area (Å²) in [4.78, 5) is 13.3. The molecule has 0 radical (unpaired) electrons. The molecule has 10 heteroatoms. The van der Waals surface area contributed by atoms with Gasteiger partial charge in [0.05, 0.1) is 4.90 Å². The molecule has 1 saturated heterocycles. The van der Waals surface area contributed by atoms with E-state index >= 15 is 0 Å². The first-order chi connectivity index (χ1) is 12.6. The summed E-state index contributed by atoms with van der Waals surface area (Å²) in [5, 5.41) is 0. The second kappa shape index (κ2) is 7.10. The first-order valence-electron chi connectivity index (χ1n) is 7.93. The molecule has 1 N–H and O–H groups in total. The van der Waals surface area contributed by atoms with Gasteiger partial charge in [0, 0.05) is 24.3 Å². The lowest BCUT2D eigenvalue weighted by molar-refractivity contribution is -0.274. The molecule has 1 fully saturated rings. The van der Waals surface area contributed by atoms with E-state index < -0.39 is 22.1 Å². The fraction of sp³-hybridized carbons (Fsp3) is 0.235. The summed E-state index contributed by atoms with van der Waals surface area (Å²) in [6.07, 6.45) is -3.59. The van der Waals surface area contributed by atoms with Crippen molar-refractivity contribution in [3.05, 3.63) is 48.5 Å². The largest absolute Gasteiger partial charge is 0.573 e. The summed E-state index contributed by atoms with van der Waals surface area (Å²) < 4.78 is 67.3. The minimum Gasteiger partial charge on any atom is -0.406 e. The topological polar surface area (TPSA) is 75.7 Å². The average molecular weight is 400 g/mol. The monoisotopic (exact) mass is 400 g/mol. The quantitative estimate of drug-likeness (QED) is 0.833. The minimum absolute atomic E-state index is 0.00935. The van der Waals surface area contributed by atoms with Crippen LogP contribution >= 0.6 is 0 Å². The molecular weight excluding hydrogens is 385 g/mol. The molecular formula is C17H15F3N2O4S. The molecule has 3 rings (SSSR count). The van der Waals surface area contributed by atoms with E-state index in [4.69, 9.17) is 0 Å².